The maximum atomic E-state index is 11.8. The van der Waals surface area contributed by atoms with E-state index in [-0.39, 0.29) is 11.9 Å². The van der Waals surface area contributed by atoms with Gasteiger partial charge in [-0.15, -0.1) is 0 Å². The summed E-state index contributed by atoms with van der Waals surface area (Å²) in [5.41, 5.74) is 0.0395. The second-order valence-corrected chi connectivity index (χ2v) is 7.93. The van der Waals surface area contributed by atoms with Gasteiger partial charge in [0.15, 0.2) is 0 Å². The van der Waals surface area contributed by atoms with E-state index in [0.29, 0.717) is 16.6 Å². The predicted molar refractivity (Wildman–Crippen MR) is 109 cm³/mol. The number of benzene rings is 1. The monoisotopic (exact) mass is 401 g/mol. The normalized spacial score (nSPS) is 11.6. The van der Waals surface area contributed by atoms with E-state index in [2.05, 4.69) is 27.5 Å². The maximum absolute atomic E-state index is 11.8. The van der Waals surface area contributed by atoms with Crippen molar-refractivity contribution in [2.45, 2.75) is 46.3 Å². The van der Waals surface area contributed by atoms with Gasteiger partial charge in [0, 0.05) is 12.6 Å². The molecule has 0 aliphatic carbocycles. The van der Waals surface area contributed by atoms with E-state index in [1.165, 1.54) is 18.3 Å². The number of carbonyl (C=O) groups excluding carboxylic acids is 2. The number of ether oxygens (including phenoxy) is 2. The number of anilines is 1. The molecule has 1 heterocycles. The summed E-state index contributed by atoms with van der Waals surface area (Å²) in [7, 11) is 0. The molecule has 1 aromatic carbocycles. The lowest BCUT2D eigenvalue weighted by Gasteiger charge is -2.19. The van der Waals surface area contributed by atoms with Crippen LogP contribution in [-0.4, -0.2) is 28.6 Å². The molecule has 148 valence electrons. The Kier molecular flexibility index (Phi) is 7.01. The predicted octanol–water partition coefficient (Wildman–Crippen LogP) is 4.16. The third-order valence-corrected chi connectivity index (χ3v) is 3.81. The van der Waals surface area contributed by atoms with Gasteiger partial charge < -0.3 is 14.8 Å². The smallest absolute Gasteiger partial charge is 0.412 e. The number of hydrogen-bond donors (Lipinski definition) is 2. The Bertz CT molecular complexity index is 889. The molecule has 0 radical (unpaired) electrons. The van der Waals surface area contributed by atoms with E-state index < -0.39 is 11.7 Å². The van der Waals surface area contributed by atoms with Crippen LogP contribution in [0.2, 0.25) is 0 Å². The first-order chi connectivity index (χ1) is 13.1. The van der Waals surface area contributed by atoms with Crippen LogP contribution in [0, 0.1) is 11.8 Å². The zero-order valence-electron chi connectivity index (χ0n) is 16.5. The first-order valence-electron chi connectivity index (χ1n) is 8.63. The number of amides is 2. The van der Waals surface area contributed by atoms with Gasteiger partial charge in [-0.2, -0.15) is 0 Å². The van der Waals surface area contributed by atoms with Crippen LogP contribution < -0.4 is 15.4 Å². The number of nitrogens with one attached hydrogen (secondary N) is 2. The number of rotatable bonds is 4. The van der Waals surface area contributed by atoms with Crippen LogP contribution >= 0.6 is 11.3 Å². The molecule has 2 N–H and O–H groups in total. The highest BCUT2D eigenvalue weighted by atomic mass is 32.1. The van der Waals surface area contributed by atoms with Crippen LogP contribution in [-0.2, 0) is 9.53 Å². The summed E-state index contributed by atoms with van der Waals surface area (Å²) in [5.74, 6) is 6.34. The summed E-state index contributed by atoms with van der Waals surface area (Å²) in [5, 5.41) is 5.80. The van der Waals surface area contributed by atoms with Crippen molar-refractivity contribution in [2.24, 2.45) is 0 Å². The van der Waals surface area contributed by atoms with Crippen LogP contribution in [0.3, 0.4) is 0 Å². The molecule has 7 nitrogen and oxygen atoms in total. The van der Waals surface area contributed by atoms with E-state index in [1.54, 1.807) is 58.2 Å². The number of hydrogen-bond acceptors (Lipinski definition) is 6. The summed E-state index contributed by atoms with van der Waals surface area (Å²) < 4.78 is 10.9. The van der Waals surface area contributed by atoms with Crippen molar-refractivity contribution in [3.8, 4) is 22.8 Å². The number of nitrogens with zero attached hydrogens (tertiary/aromatic N) is 1. The van der Waals surface area contributed by atoms with Crippen molar-refractivity contribution in [3.05, 3.63) is 35.3 Å². The molecule has 0 aliphatic rings. The van der Waals surface area contributed by atoms with Gasteiger partial charge in [-0.25, -0.2) is 9.78 Å². The van der Waals surface area contributed by atoms with Crippen LogP contribution in [0.1, 0.15) is 39.5 Å². The van der Waals surface area contributed by atoms with Crippen molar-refractivity contribution in [3.63, 3.8) is 0 Å². The molecule has 0 fully saturated rings. The van der Waals surface area contributed by atoms with Crippen molar-refractivity contribution in [2.75, 3.05) is 5.32 Å². The minimum atomic E-state index is -0.557. The van der Waals surface area contributed by atoms with Gasteiger partial charge in [-0.05, 0) is 52.0 Å². The van der Waals surface area contributed by atoms with E-state index >= 15 is 0 Å². The molecule has 2 rings (SSSR count). The SMILES string of the molecule is CC(=O)NC(C)C#Cc1cnc(Oc2ccc(NC(=O)OC(C)(C)C)cc2)s1. The molecular weight excluding hydrogens is 378 g/mol. The fourth-order valence-electron chi connectivity index (χ4n) is 2.01. The third kappa shape index (κ3) is 7.68. The van der Waals surface area contributed by atoms with Crippen molar-refractivity contribution >= 4 is 29.0 Å². The van der Waals surface area contributed by atoms with Gasteiger partial charge in [0.2, 0.25) is 5.91 Å². The maximum Gasteiger partial charge on any atom is 0.412 e. The van der Waals surface area contributed by atoms with Gasteiger partial charge in [0.1, 0.15) is 16.2 Å². The Labute approximate surface area is 168 Å². The van der Waals surface area contributed by atoms with Crippen LogP contribution in [0.5, 0.6) is 10.9 Å². The zero-order chi connectivity index (χ0) is 20.7. The van der Waals surface area contributed by atoms with Crippen molar-refractivity contribution in [1.29, 1.82) is 0 Å². The first kappa shape index (κ1) is 21.3. The molecule has 1 unspecified atom stereocenters. The van der Waals surface area contributed by atoms with Gasteiger partial charge in [-0.3, -0.25) is 10.1 Å². The fraction of sp³-hybridized carbons (Fsp3) is 0.350. The number of thiazole rings is 1. The van der Waals surface area contributed by atoms with Crippen LogP contribution in [0.25, 0.3) is 0 Å². The molecule has 2 aromatic rings. The molecule has 28 heavy (non-hydrogen) atoms. The molecule has 1 aromatic heterocycles. The molecule has 0 saturated carbocycles. The summed E-state index contributed by atoms with van der Waals surface area (Å²) >= 11 is 1.30. The molecular formula is C20H23N3O4S. The lowest BCUT2D eigenvalue weighted by atomic mass is 10.2. The minimum absolute atomic E-state index is 0.125. The molecule has 8 heteroatoms. The van der Waals surface area contributed by atoms with E-state index in [9.17, 15) is 9.59 Å². The highest BCUT2D eigenvalue weighted by molar-refractivity contribution is 7.13. The second-order valence-electron chi connectivity index (χ2n) is 6.94. The van der Waals surface area contributed by atoms with Gasteiger partial charge >= 0.3 is 6.09 Å². The van der Waals surface area contributed by atoms with Crippen molar-refractivity contribution < 1.29 is 19.1 Å². The Balaban J connectivity index is 1.93. The van der Waals surface area contributed by atoms with Gasteiger partial charge in [-0.1, -0.05) is 23.2 Å². The summed E-state index contributed by atoms with van der Waals surface area (Å²) in [6, 6.07) is 6.62. The Morgan fingerprint density at radius 1 is 1.21 bits per heavy atom. The van der Waals surface area contributed by atoms with Crippen LogP contribution in [0.15, 0.2) is 30.5 Å². The zero-order valence-corrected chi connectivity index (χ0v) is 17.3. The second kappa shape index (κ2) is 9.24. The summed E-state index contributed by atoms with van der Waals surface area (Å²) in [6.07, 6.45) is 1.10. The minimum Gasteiger partial charge on any atom is -0.444 e. The lowest BCUT2D eigenvalue weighted by molar-refractivity contribution is -0.119. The number of aromatic nitrogens is 1. The van der Waals surface area contributed by atoms with Crippen LogP contribution in [0.4, 0.5) is 10.5 Å². The summed E-state index contributed by atoms with van der Waals surface area (Å²) in [4.78, 5) is 27.7. The van der Waals surface area contributed by atoms with E-state index in [1.807, 2.05) is 0 Å². The molecule has 0 spiro atoms. The first-order valence-corrected chi connectivity index (χ1v) is 9.45. The molecule has 1 atom stereocenters. The number of carbonyl (C=O) groups is 2. The van der Waals surface area contributed by atoms with Gasteiger partial charge in [0.05, 0.1) is 12.2 Å². The van der Waals surface area contributed by atoms with Gasteiger partial charge in [0.25, 0.3) is 5.19 Å². The third-order valence-electron chi connectivity index (χ3n) is 3.02. The lowest BCUT2D eigenvalue weighted by Crippen LogP contribution is -2.28. The largest absolute Gasteiger partial charge is 0.444 e. The Morgan fingerprint density at radius 2 is 1.89 bits per heavy atom. The fourth-order valence-corrected chi connectivity index (χ4v) is 2.66. The van der Waals surface area contributed by atoms with E-state index in [4.69, 9.17) is 9.47 Å². The summed E-state index contributed by atoms with van der Waals surface area (Å²) in [6.45, 7) is 8.66. The van der Waals surface area contributed by atoms with Crippen molar-refractivity contribution in [1.82, 2.24) is 10.3 Å². The molecule has 2 amide bonds. The average molecular weight is 401 g/mol. The highest BCUT2D eigenvalue weighted by Gasteiger charge is 2.16. The topological polar surface area (TPSA) is 89.5 Å². The average Bonchev–Trinajstić information content (AvgIpc) is 3.00. The quantitative estimate of drug-likeness (QED) is 0.751. The highest BCUT2D eigenvalue weighted by Crippen LogP contribution is 2.27. The standard InChI is InChI=1S/C20H23N3O4S/c1-13(22-14(2)24)6-11-17-12-21-19(28-17)26-16-9-7-15(8-10-16)23-18(25)27-20(3,4)5/h7-10,12-13H,1-5H3,(H,22,24)(H,23,25). The van der Waals surface area contributed by atoms with E-state index in [0.717, 1.165) is 4.88 Å². The Morgan fingerprint density at radius 3 is 2.50 bits per heavy atom. The molecule has 0 aliphatic heterocycles. The molecule has 0 bridgehead atoms. The Hall–Kier alpha value is -3.05. The molecule has 0 saturated heterocycles.